The molecule has 0 amide bonds. The lowest BCUT2D eigenvalue weighted by molar-refractivity contribution is -0.274. The maximum absolute atomic E-state index is 12.2. The second-order valence-electron chi connectivity index (χ2n) is 4.32. The number of hydrogen-bond acceptors (Lipinski definition) is 3. The highest BCUT2D eigenvalue weighted by Crippen LogP contribution is 2.31. The summed E-state index contributed by atoms with van der Waals surface area (Å²) in [5, 5.41) is -0.0948. The van der Waals surface area contributed by atoms with Gasteiger partial charge >= 0.3 is 12.3 Å². The molecule has 0 heterocycles. The summed E-state index contributed by atoms with van der Waals surface area (Å²) in [7, 11) is 0. The van der Waals surface area contributed by atoms with Crippen molar-refractivity contribution >= 4 is 17.6 Å². The Morgan fingerprint density at radius 3 is 2.62 bits per heavy atom. The summed E-state index contributed by atoms with van der Waals surface area (Å²) in [6.07, 6.45) is -2.67. The van der Waals surface area contributed by atoms with Crippen LogP contribution < -0.4 is 4.74 Å². The highest BCUT2D eigenvalue weighted by molar-refractivity contribution is 6.32. The van der Waals surface area contributed by atoms with Crippen LogP contribution in [-0.2, 0) is 16.0 Å². The Morgan fingerprint density at radius 1 is 1.29 bits per heavy atom. The van der Waals surface area contributed by atoms with E-state index in [9.17, 15) is 18.0 Å². The van der Waals surface area contributed by atoms with E-state index in [0.717, 1.165) is 0 Å². The number of benzene rings is 1. The van der Waals surface area contributed by atoms with Crippen LogP contribution in [0.1, 0.15) is 31.7 Å². The number of halogens is 4. The summed E-state index contributed by atoms with van der Waals surface area (Å²) in [5.74, 6) is -0.679. The average molecular weight is 325 g/mol. The minimum Gasteiger partial charge on any atom is -0.466 e. The Morgan fingerprint density at radius 2 is 2.00 bits per heavy atom. The van der Waals surface area contributed by atoms with Crippen molar-refractivity contribution in [3.05, 3.63) is 28.8 Å². The van der Waals surface area contributed by atoms with Crippen molar-refractivity contribution in [3.8, 4) is 5.75 Å². The molecule has 0 radical (unpaired) electrons. The van der Waals surface area contributed by atoms with Gasteiger partial charge in [0.2, 0.25) is 0 Å². The Kier molecular flexibility index (Phi) is 6.81. The van der Waals surface area contributed by atoms with Crippen molar-refractivity contribution in [1.82, 2.24) is 0 Å². The zero-order valence-electron chi connectivity index (χ0n) is 11.5. The maximum atomic E-state index is 12.2. The van der Waals surface area contributed by atoms with Crippen LogP contribution in [0.5, 0.6) is 5.75 Å². The van der Waals surface area contributed by atoms with Crippen molar-refractivity contribution < 1.29 is 27.4 Å². The predicted molar refractivity (Wildman–Crippen MR) is 72.3 cm³/mol. The standard InChI is InChI=1S/C14H16ClF3O3/c1-2-20-13(19)6-4-3-5-10-7-8-11(15)12(9-10)21-14(16,17)18/h7-9H,2-6H2,1H3. The predicted octanol–water partition coefficient (Wildman–Crippen LogP) is 4.51. The third-order valence-electron chi connectivity index (χ3n) is 2.62. The van der Waals surface area contributed by atoms with Gasteiger partial charge in [-0.3, -0.25) is 4.79 Å². The van der Waals surface area contributed by atoms with Gasteiger partial charge in [0.05, 0.1) is 11.6 Å². The Hall–Kier alpha value is -1.43. The largest absolute Gasteiger partial charge is 0.573 e. The Labute approximate surface area is 126 Å². The van der Waals surface area contributed by atoms with E-state index < -0.39 is 12.1 Å². The fourth-order valence-corrected chi connectivity index (χ4v) is 1.89. The number of rotatable bonds is 7. The lowest BCUT2D eigenvalue weighted by Crippen LogP contribution is -2.17. The molecule has 0 unspecified atom stereocenters. The van der Waals surface area contributed by atoms with E-state index in [1.165, 1.54) is 12.1 Å². The lowest BCUT2D eigenvalue weighted by atomic mass is 10.1. The first-order chi connectivity index (χ1) is 9.81. The monoisotopic (exact) mass is 324 g/mol. The average Bonchev–Trinajstić information content (AvgIpc) is 2.37. The normalized spacial score (nSPS) is 11.3. The fraction of sp³-hybridized carbons (Fsp3) is 0.500. The molecule has 0 N–H and O–H groups in total. The highest BCUT2D eigenvalue weighted by atomic mass is 35.5. The van der Waals surface area contributed by atoms with Crippen LogP contribution in [0, 0.1) is 0 Å². The molecule has 0 bridgehead atoms. The molecular formula is C14H16ClF3O3. The van der Waals surface area contributed by atoms with Gasteiger partial charge in [0, 0.05) is 6.42 Å². The lowest BCUT2D eigenvalue weighted by Gasteiger charge is -2.11. The number of hydrogen-bond donors (Lipinski definition) is 0. The number of carbonyl (C=O) groups is 1. The van der Waals surface area contributed by atoms with Crippen LogP contribution in [0.2, 0.25) is 5.02 Å². The van der Waals surface area contributed by atoms with Crippen LogP contribution in [0.15, 0.2) is 18.2 Å². The van der Waals surface area contributed by atoms with Crippen LogP contribution in [-0.4, -0.2) is 18.9 Å². The van der Waals surface area contributed by atoms with Crippen molar-refractivity contribution in [1.29, 1.82) is 0 Å². The van der Waals surface area contributed by atoms with Crippen molar-refractivity contribution in [2.24, 2.45) is 0 Å². The SMILES string of the molecule is CCOC(=O)CCCCc1ccc(Cl)c(OC(F)(F)F)c1. The van der Waals surface area contributed by atoms with E-state index in [-0.39, 0.29) is 11.0 Å². The Bertz CT molecular complexity index is 475. The van der Waals surface area contributed by atoms with Crippen molar-refractivity contribution in [3.63, 3.8) is 0 Å². The molecule has 3 nitrogen and oxygen atoms in total. The van der Waals surface area contributed by atoms with Crippen molar-refractivity contribution in [2.75, 3.05) is 6.61 Å². The Balaban J connectivity index is 2.49. The first-order valence-electron chi connectivity index (χ1n) is 6.51. The van der Waals surface area contributed by atoms with Crippen LogP contribution in [0.4, 0.5) is 13.2 Å². The zero-order valence-corrected chi connectivity index (χ0v) is 12.3. The minimum absolute atomic E-state index is 0.0948. The molecule has 0 fully saturated rings. The summed E-state index contributed by atoms with van der Waals surface area (Å²) in [4.78, 5) is 11.1. The molecule has 21 heavy (non-hydrogen) atoms. The first kappa shape index (κ1) is 17.6. The molecule has 0 aromatic heterocycles. The molecule has 1 rings (SSSR count). The molecule has 0 aliphatic rings. The van der Waals surface area contributed by atoms with E-state index in [1.807, 2.05) is 0 Å². The fourth-order valence-electron chi connectivity index (χ4n) is 1.74. The van der Waals surface area contributed by atoms with Crippen molar-refractivity contribution in [2.45, 2.75) is 39.0 Å². The van der Waals surface area contributed by atoms with Gasteiger partial charge in [0.25, 0.3) is 0 Å². The molecule has 0 atom stereocenters. The summed E-state index contributed by atoms with van der Waals surface area (Å²) < 4.78 is 45.2. The highest BCUT2D eigenvalue weighted by Gasteiger charge is 2.32. The molecular weight excluding hydrogens is 309 g/mol. The third-order valence-corrected chi connectivity index (χ3v) is 2.94. The van der Waals surface area contributed by atoms with Crippen LogP contribution in [0.25, 0.3) is 0 Å². The molecule has 0 saturated carbocycles. The quantitative estimate of drug-likeness (QED) is 0.546. The number of unbranched alkanes of at least 4 members (excludes halogenated alkanes) is 1. The van der Waals surface area contributed by atoms with Crippen LogP contribution >= 0.6 is 11.6 Å². The second kappa shape index (κ2) is 8.12. The third kappa shape index (κ3) is 7.22. The van der Waals surface area contributed by atoms with E-state index in [1.54, 1.807) is 13.0 Å². The van der Waals surface area contributed by atoms with E-state index in [4.69, 9.17) is 16.3 Å². The van der Waals surface area contributed by atoms with Gasteiger partial charge in [-0.15, -0.1) is 13.2 Å². The topological polar surface area (TPSA) is 35.5 Å². The summed E-state index contributed by atoms with van der Waals surface area (Å²) in [6.45, 7) is 2.07. The van der Waals surface area contributed by atoms with Gasteiger partial charge in [-0.05, 0) is 43.9 Å². The molecule has 1 aromatic rings. The van der Waals surface area contributed by atoms with Gasteiger partial charge in [-0.25, -0.2) is 0 Å². The molecule has 7 heteroatoms. The summed E-state index contributed by atoms with van der Waals surface area (Å²) in [6, 6.07) is 4.26. The molecule has 0 aliphatic carbocycles. The van der Waals surface area contributed by atoms with Gasteiger partial charge < -0.3 is 9.47 Å². The van der Waals surface area contributed by atoms with E-state index in [2.05, 4.69) is 4.74 Å². The molecule has 0 spiro atoms. The van der Waals surface area contributed by atoms with E-state index >= 15 is 0 Å². The van der Waals surface area contributed by atoms with Gasteiger partial charge in [0.15, 0.2) is 0 Å². The van der Waals surface area contributed by atoms with Gasteiger partial charge in [-0.2, -0.15) is 0 Å². The summed E-state index contributed by atoms with van der Waals surface area (Å²) in [5.41, 5.74) is 0.669. The number of carbonyl (C=O) groups excluding carboxylic acids is 1. The minimum atomic E-state index is -4.77. The molecule has 1 aromatic carbocycles. The maximum Gasteiger partial charge on any atom is 0.573 e. The molecule has 118 valence electrons. The zero-order chi connectivity index (χ0) is 15.9. The smallest absolute Gasteiger partial charge is 0.466 e. The first-order valence-corrected chi connectivity index (χ1v) is 6.89. The van der Waals surface area contributed by atoms with Crippen LogP contribution in [0.3, 0.4) is 0 Å². The van der Waals surface area contributed by atoms with Gasteiger partial charge in [0.1, 0.15) is 5.75 Å². The van der Waals surface area contributed by atoms with Gasteiger partial charge in [-0.1, -0.05) is 17.7 Å². The van der Waals surface area contributed by atoms with E-state index in [0.29, 0.717) is 37.9 Å². The summed E-state index contributed by atoms with van der Waals surface area (Å²) >= 11 is 5.65. The number of esters is 1. The number of aryl methyl sites for hydroxylation is 1. The second-order valence-corrected chi connectivity index (χ2v) is 4.73. The number of alkyl halides is 3. The molecule has 0 saturated heterocycles. The number of ether oxygens (including phenoxy) is 2. The molecule has 0 aliphatic heterocycles.